The molecule has 0 fully saturated rings. The Morgan fingerprint density at radius 1 is 1.20 bits per heavy atom. The molecule has 0 bridgehead atoms. The molecule has 1 aromatic carbocycles. The smallest absolute Gasteiger partial charge is 0.0435 e. The van der Waals surface area contributed by atoms with Gasteiger partial charge in [0.05, 0.1) is 0 Å². The standard InChI is InChI=1S/C14H23N/c1-4-11-14(15,12(3)5-2)13-9-7-6-8-10-13/h6-10,12H,4-5,11,15H2,1-3H3. The second-order valence-corrected chi connectivity index (χ2v) is 4.47. The Labute approximate surface area is 93.7 Å². The summed E-state index contributed by atoms with van der Waals surface area (Å²) in [4.78, 5) is 0. The lowest BCUT2D eigenvalue weighted by Crippen LogP contribution is -2.42. The summed E-state index contributed by atoms with van der Waals surface area (Å²) in [5.74, 6) is 0.528. The molecule has 2 unspecified atom stereocenters. The second kappa shape index (κ2) is 5.32. The van der Waals surface area contributed by atoms with Gasteiger partial charge in [-0.25, -0.2) is 0 Å². The van der Waals surface area contributed by atoms with Gasteiger partial charge in [-0.3, -0.25) is 0 Å². The summed E-state index contributed by atoms with van der Waals surface area (Å²) in [6, 6.07) is 10.5. The zero-order valence-electron chi connectivity index (χ0n) is 10.2. The van der Waals surface area contributed by atoms with Crippen LogP contribution in [0.3, 0.4) is 0 Å². The van der Waals surface area contributed by atoms with Crippen LogP contribution in [-0.2, 0) is 5.54 Å². The summed E-state index contributed by atoms with van der Waals surface area (Å²) in [5.41, 5.74) is 7.71. The molecule has 0 radical (unpaired) electrons. The third-order valence-corrected chi connectivity index (χ3v) is 3.47. The van der Waals surface area contributed by atoms with Crippen LogP contribution < -0.4 is 5.73 Å². The van der Waals surface area contributed by atoms with Crippen LogP contribution in [0.4, 0.5) is 0 Å². The van der Waals surface area contributed by atoms with Crippen LogP contribution in [0.5, 0.6) is 0 Å². The van der Waals surface area contributed by atoms with Gasteiger partial charge in [-0.15, -0.1) is 0 Å². The normalized spacial score (nSPS) is 17.1. The Bertz CT molecular complexity index is 281. The maximum atomic E-state index is 6.58. The fraction of sp³-hybridized carbons (Fsp3) is 0.571. The third kappa shape index (κ3) is 2.60. The summed E-state index contributed by atoms with van der Waals surface area (Å²) in [6.45, 7) is 6.67. The van der Waals surface area contributed by atoms with Crippen LogP contribution in [-0.4, -0.2) is 0 Å². The predicted molar refractivity (Wildman–Crippen MR) is 66.7 cm³/mol. The SMILES string of the molecule is CCCC(N)(c1ccccc1)C(C)CC. The highest BCUT2D eigenvalue weighted by atomic mass is 14.8. The Morgan fingerprint density at radius 2 is 1.80 bits per heavy atom. The van der Waals surface area contributed by atoms with Crippen LogP contribution in [0.1, 0.15) is 45.6 Å². The van der Waals surface area contributed by atoms with E-state index in [2.05, 4.69) is 45.0 Å². The lowest BCUT2D eigenvalue weighted by molar-refractivity contribution is 0.264. The minimum Gasteiger partial charge on any atom is -0.321 e. The Kier molecular flexibility index (Phi) is 4.34. The van der Waals surface area contributed by atoms with Gasteiger partial charge in [0.15, 0.2) is 0 Å². The minimum absolute atomic E-state index is 0.148. The molecule has 0 heterocycles. The number of rotatable bonds is 5. The third-order valence-electron chi connectivity index (χ3n) is 3.47. The van der Waals surface area contributed by atoms with Crippen molar-refractivity contribution >= 4 is 0 Å². The number of hydrogen-bond acceptors (Lipinski definition) is 1. The van der Waals surface area contributed by atoms with Crippen molar-refractivity contribution in [3.05, 3.63) is 35.9 Å². The Balaban J connectivity index is 3.01. The van der Waals surface area contributed by atoms with E-state index in [0.717, 1.165) is 19.3 Å². The first-order chi connectivity index (χ1) is 7.15. The van der Waals surface area contributed by atoms with Gasteiger partial charge in [0, 0.05) is 5.54 Å². The van der Waals surface area contributed by atoms with Crippen molar-refractivity contribution in [2.45, 2.75) is 45.6 Å². The Hall–Kier alpha value is -0.820. The van der Waals surface area contributed by atoms with Gasteiger partial charge in [0.1, 0.15) is 0 Å². The maximum Gasteiger partial charge on any atom is 0.0435 e. The molecular formula is C14H23N. The van der Waals surface area contributed by atoms with Crippen LogP contribution >= 0.6 is 0 Å². The van der Waals surface area contributed by atoms with E-state index in [1.54, 1.807) is 0 Å². The van der Waals surface area contributed by atoms with Crippen molar-refractivity contribution in [2.75, 3.05) is 0 Å². The van der Waals surface area contributed by atoms with E-state index in [1.807, 2.05) is 6.07 Å². The van der Waals surface area contributed by atoms with Gasteiger partial charge in [-0.2, -0.15) is 0 Å². The highest BCUT2D eigenvalue weighted by Gasteiger charge is 2.31. The molecule has 1 aromatic rings. The molecule has 0 aliphatic heterocycles. The molecule has 0 saturated carbocycles. The molecule has 84 valence electrons. The first-order valence-corrected chi connectivity index (χ1v) is 5.99. The first kappa shape index (κ1) is 12.3. The molecule has 0 saturated heterocycles. The lowest BCUT2D eigenvalue weighted by atomic mass is 9.75. The van der Waals surface area contributed by atoms with Gasteiger partial charge in [0.2, 0.25) is 0 Å². The largest absolute Gasteiger partial charge is 0.321 e. The summed E-state index contributed by atoms with van der Waals surface area (Å²) in [5, 5.41) is 0. The van der Waals surface area contributed by atoms with E-state index in [4.69, 9.17) is 5.73 Å². The zero-order valence-corrected chi connectivity index (χ0v) is 10.2. The molecule has 2 N–H and O–H groups in total. The molecule has 0 aliphatic rings. The molecule has 1 heteroatoms. The molecule has 2 atom stereocenters. The van der Waals surface area contributed by atoms with Crippen molar-refractivity contribution in [3.8, 4) is 0 Å². The number of hydrogen-bond donors (Lipinski definition) is 1. The highest BCUT2D eigenvalue weighted by molar-refractivity contribution is 5.24. The summed E-state index contributed by atoms with van der Waals surface area (Å²) in [7, 11) is 0. The van der Waals surface area contributed by atoms with Gasteiger partial charge < -0.3 is 5.73 Å². The van der Waals surface area contributed by atoms with E-state index in [9.17, 15) is 0 Å². The van der Waals surface area contributed by atoms with E-state index >= 15 is 0 Å². The van der Waals surface area contributed by atoms with E-state index in [1.165, 1.54) is 5.56 Å². The summed E-state index contributed by atoms with van der Waals surface area (Å²) >= 11 is 0. The quantitative estimate of drug-likeness (QED) is 0.779. The molecule has 1 rings (SSSR count). The van der Waals surface area contributed by atoms with Crippen LogP contribution in [0, 0.1) is 5.92 Å². The summed E-state index contributed by atoms with van der Waals surface area (Å²) in [6.07, 6.45) is 3.33. The topological polar surface area (TPSA) is 26.0 Å². The molecule has 15 heavy (non-hydrogen) atoms. The zero-order chi connectivity index (χ0) is 11.3. The van der Waals surface area contributed by atoms with Crippen LogP contribution in [0.2, 0.25) is 0 Å². The molecule has 0 aliphatic carbocycles. The van der Waals surface area contributed by atoms with Gasteiger partial charge in [-0.1, -0.05) is 63.9 Å². The van der Waals surface area contributed by atoms with Gasteiger partial charge >= 0.3 is 0 Å². The van der Waals surface area contributed by atoms with Crippen molar-refractivity contribution in [3.63, 3.8) is 0 Å². The summed E-state index contributed by atoms with van der Waals surface area (Å²) < 4.78 is 0. The monoisotopic (exact) mass is 205 g/mol. The van der Waals surface area contributed by atoms with Gasteiger partial charge in [-0.05, 0) is 17.9 Å². The minimum atomic E-state index is -0.148. The molecule has 1 nitrogen and oxygen atoms in total. The Morgan fingerprint density at radius 3 is 2.27 bits per heavy atom. The predicted octanol–water partition coefficient (Wildman–Crippen LogP) is 3.69. The van der Waals surface area contributed by atoms with Crippen LogP contribution in [0.25, 0.3) is 0 Å². The first-order valence-electron chi connectivity index (χ1n) is 5.99. The van der Waals surface area contributed by atoms with Gasteiger partial charge in [0.25, 0.3) is 0 Å². The average Bonchev–Trinajstić information content (AvgIpc) is 2.29. The fourth-order valence-electron chi connectivity index (χ4n) is 2.20. The highest BCUT2D eigenvalue weighted by Crippen LogP contribution is 2.33. The van der Waals surface area contributed by atoms with Crippen molar-refractivity contribution in [2.24, 2.45) is 11.7 Å². The number of benzene rings is 1. The molecule has 0 spiro atoms. The second-order valence-electron chi connectivity index (χ2n) is 4.47. The molecular weight excluding hydrogens is 182 g/mol. The van der Waals surface area contributed by atoms with E-state index < -0.39 is 0 Å². The van der Waals surface area contributed by atoms with Crippen molar-refractivity contribution < 1.29 is 0 Å². The maximum absolute atomic E-state index is 6.58. The molecule has 0 amide bonds. The average molecular weight is 205 g/mol. The lowest BCUT2D eigenvalue weighted by Gasteiger charge is -2.35. The van der Waals surface area contributed by atoms with Crippen LogP contribution in [0.15, 0.2) is 30.3 Å². The van der Waals surface area contributed by atoms with Crippen molar-refractivity contribution in [1.82, 2.24) is 0 Å². The van der Waals surface area contributed by atoms with E-state index in [-0.39, 0.29) is 5.54 Å². The molecule has 0 aromatic heterocycles. The van der Waals surface area contributed by atoms with E-state index in [0.29, 0.717) is 5.92 Å². The van der Waals surface area contributed by atoms with Crippen molar-refractivity contribution in [1.29, 1.82) is 0 Å². The fourth-order valence-corrected chi connectivity index (χ4v) is 2.20. The number of nitrogens with two attached hydrogens (primary N) is 1.